The smallest absolute Gasteiger partial charge is 0.251 e. The lowest BCUT2D eigenvalue weighted by Crippen LogP contribution is -2.55. The summed E-state index contributed by atoms with van der Waals surface area (Å²) in [7, 11) is 0. The Kier molecular flexibility index (Phi) is 13.9. The van der Waals surface area contributed by atoms with E-state index in [-0.39, 0.29) is 53.2 Å². The lowest BCUT2D eigenvalue weighted by Gasteiger charge is -2.25. The predicted molar refractivity (Wildman–Crippen MR) is 181 cm³/mol. The van der Waals surface area contributed by atoms with Crippen LogP contribution in [0.3, 0.4) is 0 Å². The molecule has 0 aromatic heterocycles. The molecule has 3 aromatic carbocycles. The zero-order chi connectivity index (χ0) is 33.8. The highest BCUT2D eigenvalue weighted by Crippen LogP contribution is 2.19. The van der Waals surface area contributed by atoms with Gasteiger partial charge in [-0.3, -0.25) is 19.2 Å². The van der Waals surface area contributed by atoms with Crippen molar-refractivity contribution in [3.8, 4) is 0 Å². The fourth-order valence-electron chi connectivity index (χ4n) is 4.82. The lowest BCUT2D eigenvalue weighted by molar-refractivity contribution is -0.130. The standard InChI is InChI=1S/C35H43BrFN5O4/c1-6-38-35(46)31(21(2)3)42-32(43)23(5)39-20-30(16-24-10-8-7-9-11-24)41-34(45)27-17-26(18-28(36)19-27)33(44)40-22(4)25-12-14-29(37)15-13-25/h7-15,17-19,21-23,30-31,39H,6,16,20H2,1-5H3,(H,38,46)(H,40,44)(H,41,45)(H,42,43)/t22?,23-,30-,31-/m0/s1. The van der Waals surface area contributed by atoms with Crippen molar-refractivity contribution in [2.45, 2.75) is 65.2 Å². The van der Waals surface area contributed by atoms with Crippen molar-refractivity contribution < 1.29 is 23.6 Å². The van der Waals surface area contributed by atoms with E-state index in [0.717, 1.165) is 11.1 Å². The summed E-state index contributed by atoms with van der Waals surface area (Å²) in [6.07, 6.45) is 0.484. The number of halogens is 2. The van der Waals surface area contributed by atoms with Crippen LogP contribution in [0.2, 0.25) is 0 Å². The van der Waals surface area contributed by atoms with Crippen LogP contribution in [-0.2, 0) is 16.0 Å². The van der Waals surface area contributed by atoms with Gasteiger partial charge >= 0.3 is 0 Å². The quantitative estimate of drug-likeness (QED) is 0.158. The maximum atomic E-state index is 13.5. The van der Waals surface area contributed by atoms with Crippen LogP contribution in [-0.4, -0.2) is 54.8 Å². The molecule has 0 aliphatic carbocycles. The van der Waals surface area contributed by atoms with Crippen molar-refractivity contribution in [1.29, 1.82) is 0 Å². The van der Waals surface area contributed by atoms with E-state index in [9.17, 15) is 23.6 Å². The van der Waals surface area contributed by atoms with Gasteiger partial charge in [0.05, 0.1) is 12.1 Å². The number of rotatable bonds is 15. The highest BCUT2D eigenvalue weighted by molar-refractivity contribution is 9.10. The fraction of sp³-hybridized carbons (Fsp3) is 0.371. The second-order valence-electron chi connectivity index (χ2n) is 11.6. The fourth-order valence-corrected chi connectivity index (χ4v) is 5.31. The van der Waals surface area contributed by atoms with Crippen LogP contribution in [0.1, 0.15) is 72.5 Å². The largest absolute Gasteiger partial charge is 0.355 e. The molecular formula is C35H43BrFN5O4. The Morgan fingerprint density at radius 3 is 1.98 bits per heavy atom. The first-order valence-electron chi connectivity index (χ1n) is 15.4. The molecule has 0 heterocycles. The third-order valence-electron chi connectivity index (χ3n) is 7.46. The number of hydrogen-bond acceptors (Lipinski definition) is 5. The molecule has 3 rings (SSSR count). The molecule has 1 unspecified atom stereocenters. The van der Waals surface area contributed by atoms with Crippen molar-refractivity contribution in [2.75, 3.05) is 13.1 Å². The molecule has 0 radical (unpaired) electrons. The summed E-state index contributed by atoms with van der Waals surface area (Å²) in [4.78, 5) is 52.1. The third-order valence-corrected chi connectivity index (χ3v) is 7.92. The SMILES string of the molecule is CCNC(=O)[C@@H](NC(=O)[C@H](C)NC[C@H](Cc1ccccc1)NC(=O)c1cc(Br)cc(C(=O)NC(C)c2ccc(F)cc2)c1)C(C)C. The van der Waals surface area contributed by atoms with E-state index in [4.69, 9.17) is 0 Å². The summed E-state index contributed by atoms with van der Waals surface area (Å²) in [5, 5.41) is 14.7. The van der Waals surface area contributed by atoms with Gasteiger partial charge in [-0.15, -0.1) is 0 Å². The van der Waals surface area contributed by atoms with Gasteiger partial charge in [0, 0.05) is 34.7 Å². The molecule has 246 valence electrons. The minimum Gasteiger partial charge on any atom is -0.355 e. The molecule has 9 nitrogen and oxygen atoms in total. The second-order valence-corrected chi connectivity index (χ2v) is 12.5. The first kappa shape index (κ1) is 36.4. The summed E-state index contributed by atoms with van der Waals surface area (Å²) in [6.45, 7) is 9.79. The van der Waals surface area contributed by atoms with E-state index in [1.54, 1.807) is 38.1 Å². The number of amides is 4. The number of likely N-dealkylation sites (N-methyl/N-ethyl adjacent to an activating group) is 1. The molecule has 0 fully saturated rings. The van der Waals surface area contributed by atoms with Crippen molar-refractivity contribution in [1.82, 2.24) is 26.6 Å². The summed E-state index contributed by atoms with van der Waals surface area (Å²) in [5.41, 5.74) is 2.29. The molecule has 5 N–H and O–H groups in total. The summed E-state index contributed by atoms with van der Waals surface area (Å²) >= 11 is 3.42. The van der Waals surface area contributed by atoms with Crippen molar-refractivity contribution in [2.24, 2.45) is 5.92 Å². The number of hydrogen-bond donors (Lipinski definition) is 5. The second kappa shape index (κ2) is 17.6. The molecule has 3 aromatic rings. The molecule has 0 bridgehead atoms. The van der Waals surface area contributed by atoms with Gasteiger partial charge in [-0.25, -0.2) is 4.39 Å². The Morgan fingerprint density at radius 2 is 1.39 bits per heavy atom. The van der Waals surface area contributed by atoms with Gasteiger partial charge in [0.15, 0.2) is 0 Å². The minimum atomic E-state index is -0.668. The molecular weight excluding hydrogens is 653 g/mol. The maximum Gasteiger partial charge on any atom is 0.251 e. The van der Waals surface area contributed by atoms with Crippen LogP contribution in [0.15, 0.2) is 77.3 Å². The lowest BCUT2D eigenvalue weighted by atomic mass is 10.0. The highest BCUT2D eigenvalue weighted by atomic mass is 79.9. The van der Waals surface area contributed by atoms with Crippen LogP contribution in [0.4, 0.5) is 4.39 Å². The van der Waals surface area contributed by atoms with Gasteiger partial charge < -0.3 is 26.6 Å². The van der Waals surface area contributed by atoms with Crippen LogP contribution in [0.25, 0.3) is 0 Å². The molecule has 11 heteroatoms. The van der Waals surface area contributed by atoms with Gasteiger partial charge in [0.1, 0.15) is 11.9 Å². The molecule has 0 saturated heterocycles. The van der Waals surface area contributed by atoms with E-state index < -0.39 is 24.0 Å². The van der Waals surface area contributed by atoms with Crippen LogP contribution in [0.5, 0.6) is 0 Å². The summed E-state index contributed by atoms with van der Waals surface area (Å²) in [6, 6.07) is 18.2. The average Bonchev–Trinajstić information content (AvgIpc) is 3.02. The maximum absolute atomic E-state index is 13.5. The summed E-state index contributed by atoms with van der Waals surface area (Å²) < 4.78 is 13.9. The molecule has 4 atom stereocenters. The zero-order valence-corrected chi connectivity index (χ0v) is 28.4. The van der Waals surface area contributed by atoms with Gasteiger partial charge in [-0.2, -0.15) is 0 Å². The normalized spacial score (nSPS) is 13.7. The van der Waals surface area contributed by atoms with E-state index in [1.165, 1.54) is 18.2 Å². The van der Waals surface area contributed by atoms with Gasteiger partial charge in [-0.1, -0.05) is 72.2 Å². The molecule has 0 aliphatic rings. The minimum absolute atomic E-state index is 0.101. The number of nitrogens with one attached hydrogen (secondary N) is 5. The topological polar surface area (TPSA) is 128 Å². The molecule has 0 spiro atoms. The Labute approximate surface area is 278 Å². The molecule has 4 amide bonds. The van der Waals surface area contributed by atoms with Crippen molar-refractivity contribution >= 4 is 39.6 Å². The number of benzene rings is 3. The van der Waals surface area contributed by atoms with Crippen LogP contribution >= 0.6 is 15.9 Å². The van der Waals surface area contributed by atoms with Gasteiger partial charge in [0.2, 0.25) is 11.8 Å². The average molecular weight is 697 g/mol. The van der Waals surface area contributed by atoms with Gasteiger partial charge in [0.25, 0.3) is 11.8 Å². The Morgan fingerprint density at radius 1 is 0.783 bits per heavy atom. The Hall–Kier alpha value is -4.09. The first-order chi connectivity index (χ1) is 21.9. The van der Waals surface area contributed by atoms with E-state index >= 15 is 0 Å². The number of carbonyl (C=O) groups excluding carboxylic acids is 4. The van der Waals surface area contributed by atoms with Crippen molar-refractivity contribution in [3.05, 3.63) is 105 Å². The van der Waals surface area contributed by atoms with Crippen LogP contribution in [0, 0.1) is 11.7 Å². The van der Waals surface area contributed by atoms with E-state index in [1.807, 2.05) is 51.1 Å². The monoisotopic (exact) mass is 695 g/mol. The third kappa shape index (κ3) is 11.1. The zero-order valence-electron chi connectivity index (χ0n) is 26.8. The molecule has 0 saturated carbocycles. The van der Waals surface area contributed by atoms with Crippen molar-refractivity contribution in [3.63, 3.8) is 0 Å². The molecule has 0 aliphatic heterocycles. The predicted octanol–water partition coefficient (Wildman–Crippen LogP) is 4.68. The Bertz CT molecular complexity index is 1490. The van der Waals surface area contributed by atoms with Crippen LogP contribution < -0.4 is 26.6 Å². The summed E-state index contributed by atoms with van der Waals surface area (Å²) in [5.74, 6) is -1.80. The highest BCUT2D eigenvalue weighted by Gasteiger charge is 2.26. The van der Waals surface area contributed by atoms with E-state index in [0.29, 0.717) is 17.4 Å². The van der Waals surface area contributed by atoms with Gasteiger partial charge in [-0.05, 0) is 74.6 Å². The Balaban J connectivity index is 1.72. The first-order valence-corrected chi connectivity index (χ1v) is 16.2. The van der Waals surface area contributed by atoms with E-state index in [2.05, 4.69) is 42.5 Å². The molecule has 46 heavy (non-hydrogen) atoms. The number of carbonyl (C=O) groups is 4.